The fourth-order valence-corrected chi connectivity index (χ4v) is 4.02. The number of carbonyl (C=O) groups excluding carboxylic acids is 1. The zero-order chi connectivity index (χ0) is 19.2. The molecule has 2 aromatic rings. The average Bonchev–Trinajstić information content (AvgIpc) is 2.65. The third kappa shape index (κ3) is 5.72. The van der Waals surface area contributed by atoms with Gasteiger partial charge in [-0.05, 0) is 49.1 Å². The predicted octanol–water partition coefficient (Wildman–Crippen LogP) is 3.63. The fraction of sp³-hybridized carbons (Fsp3) is 0.333. The molecule has 2 heterocycles. The molecule has 1 aliphatic rings. The van der Waals surface area contributed by atoms with Crippen molar-refractivity contribution >= 4 is 40.0 Å². The SMILES string of the molecule is O=C(Nc1ccc(F)c(Cl)c1)c1ccnc(NS(=O)CC2CCCOC2)c1. The minimum atomic E-state index is -1.32. The number of hydrogen-bond donors (Lipinski definition) is 2. The summed E-state index contributed by atoms with van der Waals surface area (Å²) in [5.74, 6) is 0.0914. The number of amides is 1. The first kappa shape index (κ1) is 19.7. The number of nitrogens with one attached hydrogen (secondary N) is 2. The van der Waals surface area contributed by atoms with Crippen LogP contribution in [0.15, 0.2) is 36.5 Å². The lowest BCUT2D eigenvalue weighted by Gasteiger charge is -2.21. The molecule has 1 saturated heterocycles. The number of rotatable bonds is 6. The number of aromatic nitrogens is 1. The van der Waals surface area contributed by atoms with Gasteiger partial charge in [-0.2, -0.15) is 0 Å². The number of nitrogens with zero attached hydrogens (tertiary/aromatic N) is 1. The summed E-state index contributed by atoms with van der Waals surface area (Å²) < 4.78 is 33.7. The van der Waals surface area contributed by atoms with Crippen LogP contribution < -0.4 is 10.0 Å². The monoisotopic (exact) mass is 411 g/mol. The van der Waals surface area contributed by atoms with Gasteiger partial charge in [0.15, 0.2) is 0 Å². The van der Waals surface area contributed by atoms with E-state index >= 15 is 0 Å². The quantitative estimate of drug-likeness (QED) is 0.760. The highest BCUT2D eigenvalue weighted by atomic mass is 35.5. The summed E-state index contributed by atoms with van der Waals surface area (Å²) >= 11 is 5.72. The summed E-state index contributed by atoms with van der Waals surface area (Å²) in [6.07, 6.45) is 3.42. The molecule has 9 heteroatoms. The van der Waals surface area contributed by atoms with Crippen LogP contribution in [0.3, 0.4) is 0 Å². The second-order valence-electron chi connectivity index (χ2n) is 6.21. The van der Waals surface area contributed by atoms with Gasteiger partial charge in [0.25, 0.3) is 5.91 Å². The number of carbonyl (C=O) groups is 1. The maximum absolute atomic E-state index is 13.2. The number of benzene rings is 1. The van der Waals surface area contributed by atoms with Crippen molar-refractivity contribution in [2.24, 2.45) is 5.92 Å². The number of pyridine rings is 1. The summed E-state index contributed by atoms with van der Waals surface area (Å²) in [6, 6.07) is 6.96. The Morgan fingerprint density at radius 2 is 2.22 bits per heavy atom. The average molecular weight is 412 g/mol. The first-order valence-electron chi connectivity index (χ1n) is 8.46. The molecule has 2 N–H and O–H groups in total. The molecule has 144 valence electrons. The van der Waals surface area contributed by atoms with E-state index in [2.05, 4.69) is 15.0 Å². The zero-order valence-corrected chi connectivity index (χ0v) is 16.0. The molecule has 1 aromatic carbocycles. The number of anilines is 2. The van der Waals surface area contributed by atoms with Crippen LogP contribution in [0.5, 0.6) is 0 Å². The summed E-state index contributed by atoms with van der Waals surface area (Å²) in [5, 5.41) is 2.56. The lowest BCUT2D eigenvalue weighted by atomic mass is 10.1. The van der Waals surface area contributed by atoms with Crippen molar-refractivity contribution in [3.8, 4) is 0 Å². The zero-order valence-electron chi connectivity index (χ0n) is 14.4. The van der Waals surface area contributed by atoms with Crippen LogP contribution >= 0.6 is 11.6 Å². The van der Waals surface area contributed by atoms with E-state index in [1.165, 1.54) is 36.5 Å². The van der Waals surface area contributed by atoms with Crippen molar-refractivity contribution in [2.45, 2.75) is 12.8 Å². The molecule has 2 unspecified atom stereocenters. The van der Waals surface area contributed by atoms with Crippen molar-refractivity contribution in [1.29, 1.82) is 0 Å². The molecule has 1 fully saturated rings. The van der Waals surface area contributed by atoms with E-state index in [0.29, 0.717) is 29.4 Å². The minimum absolute atomic E-state index is 0.0769. The molecule has 0 saturated carbocycles. The molecular weight excluding hydrogens is 393 g/mol. The van der Waals surface area contributed by atoms with Gasteiger partial charge in [-0.25, -0.2) is 13.6 Å². The second kappa shape index (κ2) is 9.25. The first-order valence-corrected chi connectivity index (χ1v) is 10.2. The number of hydrogen-bond acceptors (Lipinski definition) is 4. The Labute approximate surface area is 164 Å². The van der Waals surface area contributed by atoms with Crippen LogP contribution in [0.1, 0.15) is 23.2 Å². The summed E-state index contributed by atoms with van der Waals surface area (Å²) in [6.45, 7) is 1.37. The van der Waals surface area contributed by atoms with Crippen molar-refractivity contribution < 1.29 is 18.1 Å². The van der Waals surface area contributed by atoms with Gasteiger partial charge in [0, 0.05) is 29.8 Å². The highest BCUT2D eigenvalue weighted by Crippen LogP contribution is 2.20. The smallest absolute Gasteiger partial charge is 0.255 e. The van der Waals surface area contributed by atoms with Gasteiger partial charge in [-0.15, -0.1) is 0 Å². The van der Waals surface area contributed by atoms with E-state index in [0.717, 1.165) is 19.4 Å². The molecule has 27 heavy (non-hydrogen) atoms. The topological polar surface area (TPSA) is 80.3 Å². The van der Waals surface area contributed by atoms with E-state index in [-0.39, 0.29) is 10.9 Å². The van der Waals surface area contributed by atoms with Crippen LogP contribution in [0.2, 0.25) is 5.02 Å². The third-order valence-electron chi connectivity index (χ3n) is 4.06. The van der Waals surface area contributed by atoms with E-state index in [1.54, 1.807) is 0 Å². The standard InChI is InChI=1S/C18H19ClFN3O3S/c19-15-9-14(3-4-16(15)20)22-18(24)13-5-6-21-17(8-13)23-27(25)11-12-2-1-7-26-10-12/h3-6,8-9,12H,1-2,7,10-11H2,(H,21,23)(H,22,24). The summed E-state index contributed by atoms with van der Waals surface area (Å²) in [5.41, 5.74) is 0.699. The van der Waals surface area contributed by atoms with Crippen LogP contribution in [0, 0.1) is 11.7 Å². The lowest BCUT2D eigenvalue weighted by Crippen LogP contribution is -2.25. The molecule has 1 aliphatic heterocycles. The van der Waals surface area contributed by atoms with Crippen molar-refractivity contribution in [3.63, 3.8) is 0 Å². The Morgan fingerprint density at radius 3 is 2.96 bits per heavy atom. The molecule has 0 aliphatic carbocycles. The number of ether oxygens (including phenoxy) is 1. The first-order chi connectivity index (χ1) is 13.0. The van der Waals surface area contributed by atoms with Crippen LogP contribution in [0.25, 0.3) is 0 Å². The van der Waals surface area contributed by atoms with E-state index in [4.69, 9.17) is 16.3 Å². The molecule has 0 spiro atoms. The Morgan fingerprint density at radius 1 is 1.37 bits per heavy atom. The van der Waals surface area contributed by atoms with Crippen LogP contribution in [-0.4, -0.2) is 34.1 Å². The maximum atomic E-state index is 13.2. The van der Waals surface area contributed by atoms with Crippen molar-refractivity contribution in [3.05, 3.63) is 52.9 Å². The minimum Gasteiger partial charge on any atom is -0.381 e. The predicted molar refractivity (Wildman–Crippen MR) is 104 cm³/mol. The highest BCUT2D eigenvalue weighted by molar-refractivity contribution is 7.86. The van der Waals surface area contributed by atoms with Gasteiger partial charge in [0.1, 0.15) is 22.6 Å². The summed E-state index contributed by atoms with van der Waals surface area (Å²) in [7, 11) is -1.32. The van der Waals surface area contributed by atoms with Crippen LogP contribution in [0.4, 0.5) is 15.9 Å². The fourth-order valence-electron chi connectivity index (χ4n) is 2.72. The Hall–Kier alpha value is -2.03. The third-order valence-corrected chi connectivity index (χ3v) is 5.56. The molecule has 1 amide bonds. The van der Waals surface area contributed by atoms with Gasteiger partial charge in [0.05, 0.1) is 11.6 Å². The molecule has 1 aromatic heterocycles. The highest BCUT2D eigenvalue weighted by Gasteiger charge is 2.17. The Balaban J connectivity index is 1.61. The summed E-state index contributed by atoms with van der Waals surface area (Å²) in [4.78, 5) is 16.5. The van der Waals surface area contributed by atoms with Crippen molar-refractivity contribution in [1.82, 2.24) is 4.98 Å². The lowest BCUT2D eigenvalue weighted by molar-refractivity contribution is 0.0629. The van der Waals surface area contributed by atoms with Gasteiger partial charge in [0.2, 0.25) is 0 Å². The van der Waals surface area contributed by atoms with E-state index < -0.39 is 22.7 Å². The molecule has 0 radical (unpaired) electrons. The molecule has 0 bridgehead atoms. The Kier molecular flexibility index (Phi) is 6.76. The van der Waals surface area contributed by atoms with Gasteiger partial charge in [-0.1, -0.05) is 11.6 Å². The van der Waals surface area contributed by atoms with Crippen LogP contribution in [-0.2, 0) is 15.7 Å². The molecule has 3 rings (SSSR count). The molecule has 6 nitrogen and oxygen atoms in total. The van der Waals surface area contributed by atoms with Crippen molar-refractivity contribution in [2.75, 3.05) is 29.0 Å². The van der Waals surface area contributed by atoms with E-state index in [9.17, 15) is 13.4 Å². The maximum Gasteiger partial charge on any atom is 0.255 e. The Bertz CT molecular complexity index is 846. The van der Waals surface area contributed by atoms with Gasteiger partial charge >= 0.3 is 0 Å². The van der Waals surface area contributed by atoms with E-state index in [1.807, 2.05) is 0 Å². The van der Waals surface area contributed by atoms with Gasteiger partial charge < -0.3 is 10.1 Å². The molecular formula is C18H19ClFN3O3S. The normalized spacial score (nSPS) is 17.9. The largest absolute Gasteiger partial charge is 0.381 e. The van der Waals surface area contributed by atoms with Gasteiger partial charge in [-0.3, -0.25) is 9.52 Å². The molecule has 2 atom stereocenters. The second-order valence-corrected chi connectivity index (χ2v) is 7.85. The number of halogens is 2.